The number of thioether (sulfide) groups is 1. The molecule has 2 saturated heterocycles. The molecule has 3 atom stereocenters. The molecule has 2 aliphatic heterocycles. The van der Waals surface area contributed by atoms with Gasteiger partial charge in [-0.25, -0.2) is 8.42 Å². The van der Waals surface area contributed by atoms with Gasteiger partial charge < -0.3 is 4.90 Å². The van der Waals surface area contributed by atoms with Gasteiger partial charge in [0.1, 0.15) is 0 Å². The van der Waals surface area contributed by atoms with Gasteiger partial charge in [-0.05, 0) is 36.8 Å². The van der Waals surface area contributed by atoms with Gasteiger partial charge in [-0.2, -0.15) is 0 Å². The minimum Gasteiger partial charge on any atom is -0.338 e. The summed E-state index contributed by atoms with van der Waals surface area (Å²) in [5, 5.41) is 0.0585. The molecule has 4 nitrogen and oxygen atoms in total. The van der Waals surface area contributed by atoms with Crippen LogP contribution >= 0.6 is 11.8 Å². The topological polar surface area (TPSA) is 54.5 Å². The van der Waals surface area contributed by atoms with Crippen molar-refractivity contribution in [2.24, 2.45) is 11.8 Å². The van der Waals surface area contributed by atoms with E-state index in [0.717, 1.165) is 18.0 Å². The van der Waals surface area contributed by atoms with Crippen molar-refractivity contribution in [3.8, 4) is 0 Å². The molecule has 1 amide bonds. The lowest BCUT2D eigenvalue weighted by atomic mass is 9.91. The molecule has 0 saturated carbocycles. The van der Waals surface area contributed by atoms with Crippen molar-refractivity contribution in [1.82, 2.24) is 4.90 Å². The number of likely N-dealkylation sites (tertiary alicyclic amines) is 1. The molecule has 6 heteroatoms. The van der Waals surface area contributed by atoms with Crippen LogP contribution in [0.5, 0.6) is 0 Å². The molecule has 0 aliphatic carbocycles. The Morgan fingerprint density at radius 2 is 1.83 bits per heavy atom. The summed E-state index contributed by atoms with van der Waals surface area (Å²) in [5.74, 6) is 1.62. The molecule has 3 rings (SSSR count). The van der Waals surface area contributed by atoms with Crippen molar-refractivity contribution in [1.29, 1.82) is 0 Å². The Balaban J connectivity index is 1.77. The fraction of sp³-hybridized carbons (Fsp3) is 0.611. The average molecular weight is 368 g/mol. The van der Waals surface area contributed by atoms with Crippen LogP contribution in [0, 0.1) is 11.8 Å². The highest BCUT2D eigenvalue weighted by molar-refractivity contribution is 8.02. The van der Waals surface area contributed by atoms with Crippen LogP contribution in [0.25, 0.3) is 0 Å². The number of amides is 1. The van der Waals surface area contributed by atoms with E-state index in [1.165, 1.54) is 6.42 Å². The van der Waals surface area contributed by atoms with Crippen molar-refractivity contribution in [2.45, 2.75) is 36.8 Å². The van der Waals surface area contributed by atoms with Crippen LogP contribution in [0.1, 0.15) is 37.0 Å². The van der Waals surface area contributed by atoms with E-state index in [2.05, 4.69) is 13.8 Å². The molecule has 24 heavy (non-hydrogen) atoms. The van der Waals surface area contributed by atoms with E-state index in [1.54, 1.807) is 11.8 Å². The summed E-state index contributed by atoms with van der Waals surface area (Å²) in [7, 11) is -2.90. The highest BCUT2D eigenvalue weighted by Crippen LogP contribution is 2.34. The van der Waals surface area contributed by atoms with E-state index in [9.17, 15) is 13.2 Å². The van der Waals surface area contributed by atoms with Crippen LogP contribution in [0.2, 0.25) is 0 Å². The van der Waals surface area contributed by atoms with Gasteiger partial charge in [0, 0.05) is 23.2 Å². The molecular formula is C18H25NO3S2. The van der Waals surface area contributed by atoms with Crippen LogP contribution in [0.3, 0.4) is 0 Å². The van der Waals surface area contributed by atoms with Gasteiger partial charge in [-0.1, -0.05) is 26.0 Å². The van der Waals surface area contributed by atoms with Crippen LogP contribution in [-0.2, 0) is 9.84 Å². The molecule has 2 aliphatic rings. The van der Waals surface area contributed by atoms with Crippen LogP contribution < -0.4 is 0 Å². The third-order valence-electron chi connectivity index (χ3n) is 4.76. The average Bonchev–Trinajstić information content (AvgIpc) is 2.85. The van der Waals surface area contributed by atoms with Crippen LogP contribution in [-0.4, -0.2) is 49.1 Å². The molecule has 2 heterocycles. The monoisotopic (exact) mass is 367 g/mol. The third kappa shape index (κ3) is 4.14. The number of carbonyl (C=O) groups excluding carboxylic acids is 1. The minimum absolute atomic E-state index is 0.0585. The summed E-state index contributed by atoms with van der Waals surface area (Å²) in [6.07, 6.45) is 1.84. The van der Waals surface area contributed by atoms with Gasteiger partial charge in [0.25, 0.3) is 5.91 Å². The first-order chi connectivity index (χ1) is 11.3. The predicted molar refractivity (Wildman–Crippen MR) is 98.2 cm³/mol. The van der Waals surface area contributed by atoms with Gasteiger partial charge in [0.05, 0.1) is 17.1 Å². The summed E-state index contributed by atoms with van der Waals surface area (Å²) in [4.78, 5) is 15.9. The predicted octanol–water partition coefficient (Wildman–Crippen LogP) is 3.08. The fourth-order valence-electron chi connectivity index (χ4n) is 3.78. The maximum atomic E-state index is 13.0. The Morgan fingerprint density at radius 1 is 1.17 bits per heavy atom. The van der Waals surface area contributed by atoms with E-state index in [4.69, 9.17) is 0 Å². The van der Waals surface area contributed by atoms with Gasteiger partial charge >= 0.3 is 0 Å². The van der Waals surface area contributed by atoms with E-state index in [-0.39, 0.29) is 22.7 Å². The van der Waals surface area contributed by atoms with Crippen molar-refractivity contribution < 1.29 is 13.2 Å². The number of piperidine rings is 1. The molecule has 1 aromatic carbocycles. The number of carbonyl (C=O) groups is 1. The summed E-state index contributed by atoms with van der Waals surface area (Å²) in [5.41, 5.74) is 0.716. The number of benzene rings is 1. The first-order valence-corrected chi connectivity index (χ1v) is 11.3. The van der Waals surface area contributed by atoms with E-state index in [1.807, 2.05) is 29.2 Å². The van der Waals surface area contributed by atoms with Gasteiger partial charge in [0.15, 0.2) is 9.84 Å². The third-order valence-corrected chi connectivity index (χ3v) is 8.08. The van der Waals surface area contributed by atoms with E-state index < -0.39 is 9.84 Å². The van der Waals surface area contributed by atoms with Gasteiger partial charge in [-0.15, -0.1) is 11.8 Å². The first kappa shape index (κ1) is 17.8. The number of rotatable bonds is 3. The lowest BCUT2D eigenvalue weighted by Crippen LogP contribution is -2.42. The normalized spacial score (nSPS) is 29.6. The number of hydrogen-bond donors (Lipinski definition) is 0. The summed E-state index contributed by atoms with van der Waals surface area (Å²) >= 11 is 1.55. The molecular weight excluding hydrogens is 342 g/mol. The summed E-state index contributed by atoms with van der Waals surface area (Å²) < 4.78 is 23.4. The van der Waals surface area contributed by atoms with Gasteiger partial charge in [-0.3, -0.25) is 4.79 Å². The Bertz CT molecular complexity index is 707. The molecule has 0 bridgehead atoms. The van der Waals surface area contributed by atoms with E-state index >= 15 is 0 Å². The molecule has 132 valence electrons. The Hall–Kier alpha value is -1.01. The zero-order valence-electron chi connectivity index (χ0n) is 14.3. The SMILES string of the molecule is C[C@@H]1C[C@@H](C)CN(C(=O)c2ccccc2S[C@H]2CCS(=O)(=O)C2)C1. The lowest BCUT2D eigenvalue weighted by molar-refractivity contribution is 0.0619. The molecule has 0 N–H and O–H groups in total. The quantitative estimate of drug-likeness (QED) is 0.824. The van der Waals surface area contributed by atoms with Crippen molar-refractivity contribution in [3.05, 3.63) is 29.8 Å². The molecule has 0 spiro atoms. The molecule has 0 aromatic heterocycles. The smallest absolute Gasteiger partial charge is 0.255 e. The fourth-order valence-corrected chi connectivity index (χ4v) is 7.40. The Morgan fingerprint density at radius 3 is 2.46 bits per heavy atom. The zero-order valence-corrected chi connectivity index (χ0v) is 15.9. The number of sulfone groups is 1. The van der Waals surface area contributed by atoms with Gasteiger partial charge in [0.2, 0.25) is 0 Å². The second-order valence-electron chi connectivity index (χ2n) is 7.30. The molecule has 1 aromatic rings. The molecule has 0 unspecified atom stereocenters. The molecule has 2 fully saturated rings. The zero-order chi connectivity index (χ0) is 17.3. The second kappa shape index (κ2) is 7.08. The second-order valence-corrected chi connectivity index (χ2v) is 10.9. The maximum Gasteiger partial charge on any atom is 0.255 e. The summed E-state index contributed by atoms with van der Waals surface area (Å²) in [6, 6.07) is 7.63. The minimum atomic E-state index is -2.90. The Kier molecular flexibility index (Phi) is 5.25. The van der Waals surface area contributed by atoms with E-state index in [0.29, 0.717) is 23.8 Å². The van der Waals surface area contributed by atoms with Crippen LogP contribution in [0.4, 0.5) is 0 Å². The molecule has 0 radical (unpaired) electrons. The highest BCUT2D eigenvalue weighted by Gasteiger charge is 2.31. The standard InChI is InChI=1S/C18H25NO3S2/c1-13-9-14(2)11-19(10-13)18(20)16-5-3-4-6-17(16)23-15-7-8-24(21,22)12-15/h3-6,13-15H,7-12H2,1-2H3/t13-,14-,15+/m1/s1. The number of hydrogen-bond acceptors (Lipinski definition) is 4. The van der Waals surface area contributed by atoms with Crippen molar-refractivity contribution >= 4 is 27.5 Å². The first-order valence-electron chi connectivity index (χ1n) is 8.59. The van der Waals surface area contributed by atoms with Crippen LogP contribution in [0.15, 0.2) is 29.2 Å². The van der Waals surface area contributed by atoms with Crippen molar-refractivity contribution in [3.63, 3.8) is 0 Å². The number of nitrogens with zero attached hydrogens (tertiary/aromatic N) is 1. The Labute approximate surface area is 148 Å². The highest BCUT2D eigenvalue weighted by atomic mass is 32.2. The summed E-state index contributed by atoms with van der Waals surface area (Å²) in [6.45, 7) is 6.00. The largest absolute Gasteiger partial charge is 0.338 e. The lowest BCUT2D eigenvalue weighted by Gasteiger charge is -2.35. The maximum absolute atomic E-state index is 13.0. The van der Waals surface area contributed by atoms with Crippen molar-refractivity contribution in [2.75, 3.05) is 24.6 Å².